The summed E-state index contributed by atoms with van der Waals surface area (Å²) in [5.41, 5.74) is 3.05. The molecule has 0 aromatic heterocycles. The lowest BCUT2D eigenvalue weighted by atomic mass is 9.69. The average Bonchev–Trinajstić information content (AvgIpc) is 2.98. The molecule has 3 amide bonds. The Morgan fingerprint density at radius 3 is 2.35 bits per heavy atom. The number of carbonyl (C=O) groups excluding carboxylic acids is 3. The third kappa shape index (κ3) is 6.69. The minimum atomic E-state index is -0.685. The van der Waals surface area contributed by atoms with Crippen molar-refractivity contribution in [1.82, 2.24) is 20.9 Å². The molecule has 1 saturated heterocycles. The van der Waals surface area contributed by atoms with E-state index >= 15 is 0 Å². The molecule has 0 spiro atoms. The molecule has 2 aliphatic heterocycles. The second-order valence-electron chi connectivity index (χ2n) is 11.8. The summed E-state index contributed by atoms with van der Waals surface area (Å²) in [6.07, 6.45) is 8.37. The molecule has 7 nitrogen and oxygen atoms in total. The number of nitrogens with one attached hydrogen (secondary N) is 3. The molecule has 1 saturated carbocycles. The maximum absolute atomic E-state index is 14.0. The Labute approximate surface area is 242 Å². The SMILES string of the molecule is CC(=O)NC1(C2CCCCC2)CCN(C(=O)[C@@H](Cc2ccc(Cl)cc2)NC(=O)[C@@H]2Cc3ccccc3CN2)CC1. The summed E-state index contributed by atoms with van der Waals surface area (Å²) < 4.78 is 0. The molecule has 2 heterocycles. The highest BCUT2D eigenvalue weighted by atomic mass is 35.5. The van der Waals surface area contributed by atoms with Crippen LogP contribution in [0.1, 0.15) is 68.6 Å². The molecule has 0 unspecified atom stereocenters. The topological polar surface area (TPSA) is 90.5 Å². The van der Waals surface area contributed by atoms with Gasteiger partial charge in [-0.3, -0.25) is 14.4 Å². The normalized spacial score (nSPS) is 21.6. The van der Waals surface area contributed by atoms with Gasteiger partial charge in [-0.25, -0.2) is 0 Å². The van der Waals surface area contributed by atoms with E-state index < -0.39 is 12.1 Å². The number of nitrogens with zero attached hydrogens (tertiary/aromatic N) is 1. The fourth-order valence-corrected chi connectivity index (χ4v) is 7.08. The molecule has 3 aliphatic rings. The quantitative estimate of drug-likeness (QED) is 0.471. The Morgan fingerprint density at radius 1 is 1.00 bits per heavy atom. The number of carbonyl (C=O) groups is 3. The second-order valence-corrected chi connectivity index (χ2v) is 12.2. The van der Waals surface area contributed by atoms with E-state index in [1.165, 1.54) is 24.8 Å². The van der Waals surface area contributed by atoms with Crippen LogP contribution in [0, 0.1) is 5.92 Å². The molecule has 2 aromatic rings. The van der Waals surface area contributed by atoms with Gasteiger partial charge in [-0.15, -0.1) is 0 Å². The van der Waals surface area contributed by atoms with Crippen molar-refractivity contribution in [3.8, 4) is 0 Å². The van der Waals surface area contributed by atoms with Crippen LogP contribution < -0.4 is 16.0 Å². The van der Waals surface area contributed by atoms with Crippen LogP contribution in [0.4, 0.5) is 0 Å². The first kappa shape index (κ1) is 28.6. The van der Waals surface area contributed by atoms with E-state index in [9.17, 15) is 14.4 Å². The van der Waals surface area contributed by atoms with Crippen LogP contribution in [0.15, 0.2) is 48.5 Å². The first-order chi connectivity index (χ1) is 19.3. The number of benzene rings is 2. The van der Waals surface area contributed by atoms with Gasteiger partial charge in [-0.2, -0.15) is 0 Å². The lowest BCUT2D eigenvalue weighted by molar-refractivity contribution is -0.139. The van der Waals surface area contributed by atoms with Crippen LogP contribution in [-0.2, 0) is 33.8 Å². The number of amides is 3. The van der Waals surface area contributed by atoms with Gasteiger partial charge in [0.25, 0.3) is 0 Å². The Morgan fingerprint density at radius 2 is 1.68 bits per heavy atom. The number of piperidine rings is 1. The lowest BCUT2D eigenvalue weighted by Crippen LogP contribution is -2.62. The minimum absolute atomic E-state index is 0.000200. The lowest BCUT2D eigenvalue weighted by Gasteiger charge is -2.48. The maximum Gasteiger partial charge on any atom is 0.245 e. The average molecular weight is 565 g/mol. The van der Waals surface area contributed by atoms with Crippen molar-refractivity contribution in [2.24, 2.45) is 5.92 Å². The van der Waals surface area contributed by atoms with Gasteiger partial charge in [0.2, 0.25) is 17.7 Å². The fourth-order valence-electron chi connectivity index (χ4n) is 6.96. The van der Waals surface area contributed by atoms with Crippen molar-refractivity contribution in [2.75, 3.05) is 13.1 Å². The van der Waals surface area contributed by atoms with Crippen LogP contribution in [0.2, 0.25) is 5.02 Å². The van der Waals surface area contributed by atoms with Crippen molar-refractivity contribution in [1.29, 1.82) is 0 Å². The monoisotopic (exact) mass is 564 g/mol. The van der Waals surface area contributed by atoms with Crippen molar-refractivity contribution in [3.63, 3.8) is 0 Å². The maximum atomic E-state index is 14.0. The highest BCUT2D eigenvalue weighted by molar-refractivity contribution is 6.30. The van der Waals surface area contributed by atoms with Gasteiger partial charge in [0.05, 0.1) is 6.04 Å². The van der Waals surface area contributed by atoms with Gasteiger partial charge in [-0.1, -0.05) is 67.3 Å². The van der Waals surface area contributed by atoms with E-state index in [0.29, 0.717) is 43.4 Å². The van der Waals surface area contributed by atoms with Gasteiger partial charge in [0, 0.05) is 43.5 Å². The number of hydrogen-bond acceptors (Lipinski definition) is 4. The standard InChI is InChI=1S/C32H41ClN4O3/c1-22(38)36-32(26-9-3-2-4-10-26)15-17-37(18-16-32)31(40)29(19-23-11-13-27(33)14-12-23)35-30(39)28-20-24-7-5-6-8-25(24)21-34-28/h5-8,11-14,26,28-29,34H,2-4,9-10,15-21H2,1H3,(H,35,39)(H,36,38)/t28-,29+/m0/s1. The van der Waals surface area contributed by atoms with Gasteiger partial charge >= 0.3 is 0 Å². The number of likely N-dealkylation sites (tertiary alicyclic amines) is 1. The van der Waals surface area contributed by atoms with E-state index in [1.54, 1.807) is 6.92 Å². The van der Waals surface area contributed by atoms with Crippen LogP contribution in [-0.4, -0.2) is 53.3 Å². The molecular weight excluding hydrogens is 524 g/mol. The second kappa shape index (κ2) is 12.7. The zero-order valence-corrected chi connectivity index (χ0v) is 24.1. The van der Waals surface area contributed by atoms with E-state index in [4.69, 9.17) is 11.6 Å². The van der Waals surface area contributed by atoms with E-state index in [-0.39, 0.29) is 23.3 Å². The van der Waals surface area contributed by atoms with E-state index in [0.717, 1.165) is 36.8 Å². The molecule has 3 N–H and O–H groups in total. The Kier molecular flexibility index (Phi) is 9.11. The van der Waals surface area contributed by atoms with Gasteiger partial charge in [-0.05, 0) is 66.8 Å². The smallest absolute Gasteiger partial charge is 0.245 e. The molecule has 214 valence electrons. The highest BCUT2D eigenvalue weighted by Crippen LogP contribution is 2.39. The predicted octanol–water partition coefficient (Wildman–Crippen LogP) is 4.16. The molecule has 2 atom stereocenters. The Balaban J connectivity index is 1.29. The van der Waals surface area contributed by atoms with Crippen molar-refractivity contribution >= 4 is 29.3 Å². The van der Waals surface area contributed by atoms with Crippen LogP contribution in [0.5, 0.6) is 0 Å². The molecule has 0 radical (unpaired) electrons. The summed E-state index contributed by atoms with van der Waals surface area (Å²) in [6.45, 7) is 3.36. The molecule has 40 heavy (non-hydrogen) atoms. The third-order valence-corrected chi connectivity index (χ3v) is 9.40. The van der Waals surface area contributed by atoms with Crippen molar-refractivity contribution < 1.29 is 14.4 Å². The molecule has 5 rings (SSSR count). The minimum Gasteiger partial charge on any atom is -0.350 e. The first-order valence-electron chi connectivity index (χ1n) is 14.8. The van der Waals surface area contributed by atoms with Crippen molar-refractivity contribution in [3.05, 3.63) is 70.2 Å². The number of hydrogen-bond donors (Lipinski definition) is 3. The number of rotatable bonds is 7. The zero-order valence-electron chi connectivity index (χ0n) is 23.4. The van der Waals surface area contributed by atoms with Crippen LogP contribution >= 0.6 is 11.6 Å². The molecule has 0 bridgehead atoms. The molecule has 2 fully saturated rings. The van der Waals surface area contributed by atoms with Crippen LogP contribution in [0.3, 0.4) is 0 Å². The largest absolute Gasteiger partial charge is 0.350 e. The third-order valence-electron chi connectivity index (χ3n) is 9.14. The number of fused-ring (bicyclic) bond motifs is 1. The summed E-state index contributed by atoms with van der Waals surface area (Å²) in [6, 6.07) is 14.5. The highest BCUT2D eigenvalue weighted by Gasteiger charge is 2.44. The summed E-state index contributed by atoms with van der Waals surface area (Å²) in [4.78, 5) is 41.5. The fraction of sp³-hybridized carbons (Fsp3) is 0.531. The van der Waals surface area contributed by atoms with E-state index in [1.807, 2.05) is 41.3 Å². The molecule has 1 aliphatic carbocycles. The predicted molar refractivity (Wildman–Crippen MR) is 157 cm³/mol. The van der Waals surface area contributed by atoms with Crippen molar-refractivity contribution in [2.45, 2.75) is 88.9 Å². The first-order valence-corrected chi connectivity index (χ1v) is 15.1. The summed E-state index contributed by atoms with van der Waals surface area (Å²) in [7, 11) is 0. The Bertz CT molecular complexity index is 1200. The number of halogens is 1. The van der Waals surface area contributed by atoms with Crippen LogP contribution in [0.25, 0.3) is 0 Å². The van der Waals surface area contributed by atoms with Gasteiger partial charge < -0.3 is 20.9 Å². The summed E-state index contributed by atoms with van der Waals surface area (Å²) in [5, 5.41) is 10.4. The molecule has 2 aromatic carbocycles. The van der Waals surface area contributed by atoms with Gasteiger partial charge in [0.1, 0.15) is 6.04 Å². The molecule has 8 heteroatoms. The summed E-state index contributed by atoms with van der Waals surface area (Å²) >= 11 is 6.10. The van der Waals surface area contributed by atoms with Gasteiger partial charge in [0.15, 0.2) is 0 Å². The zero-order chi connectivity index (χ0) is 28.1. The summed E-state index contributed by atoms with van der Waals surface area (Å²) in [5.74, 6) is 0.222. The Hall–Kier alpha value is -2.90. The van der Waals surface area contributed by atoms with E-state index in [2.05, 4.69) is 28.1 Å². The molecular formula is C32H41ClN4O3.